The quantitative estimate of drug-likeness (QED) is 0.0418. The third-order valence-electron chi connectivity index (χ3n) is 10.7. The second kappa shape index (κ2) is 38.4. The largest absolute Gasteiger partial charge is 0.511 e. The van der Waals surface area contributed by atoms with Gasteiger partial charge in [0.25, 0.3) is 0 Å². The molecule has 0 saturated heterocycles. The number of aliphatic hydroxyl groups is 2. The molecule has 1 fully saturated rings. The third-order valence-corrected chi connectivity index (χ3v) is 10.7. The van der Waals surface area contributed by atoms with E-state index < -0.39 is 0 Å². The summed E-state index contributed by atoms with van der Waals surface area (Å²) in [4.78, 5) is 11.2. The zero-order valence-corrected chi connectivity index (χ0v) is 40.9. The van der Waals surface area contributed by atoms with Crippen LogP contribution in [0.25, 0.3) is 5.57 Å². The average molecular weight is 820 g/mol. The monoisotopic (exact) mass is 820 g/mol. The molecule has 1 aliphatic carbocycles. The highest BCUT2D eigenvalue weighted by Gasteiger charge is 2.40. The number of rotatable bonds is 15. The number of carbonyl (C=O) groups excluding carboxylic acids is 1. The number of hydrogen-bond acceptors (Lipinski definition) is 4. The molecule has 0 aliphatic heterocycles. The first-order chi connectivity index (χ1) is 28.1. The van der Waals surface area contributed by atoms with Gasteiger partial charge >= 0.3 is 0 Å². The number of aryl methyl sites for hydroxylation is 4. The van der Waals surface area contributed by atoms with Crippen molar-refractivity contribution in [2.75, 3.05) is 13.8 Å². The number of Topliss-reactive ketones (excluding diaryl/α,β-unsaturated/α-hetero) is 1. The Morgan fingerprint density at radius 3 is 1.92 bits per heavy atom. The molecule has 0 spiro atoms. The van der Waals surface area contributed by atoms with E-state index in [4.69, 9.17) is 10.5 Å². The molecule has 1 saturated carbocycles. The molecule has 2 aromatic rings. The van der Waals surface area contributed by atoms with Gasteiger partial charge in [0.2, 0.25) is 0 Å². The zero-order chi connectivity index (χ0) is 46.6. The number of ketones is 1. The lowest BCUT2D eigenvalue weighted by molar-refractivity contribution is -0.113. The van der Waals surface area contributed by atoms with E-state index >= 15 is 0 Å². The van der Waals surface area contributed by atoms with Gasteiger partial charge in [-0.25, -0.2) is 0 Å². The first kappa shape index (κ1) is 61.8. The van der Waals surface area contributed by atoms with E-state index in [1.165, 1.54) is 79.5 Å². The van der Waals surface area contributed by atoms with Crippen molar-refractivity contribution in [2.45, 2.75) is 174 Å². The summed E-state index contributed by atoms with van der Waals surface area (Å²) in [6.45, 7) is 37.3. The number of allylic oxidation sites excluding steroid dienone is 8. The van der Waals surface area contributed by atoms with Crippen LogP contribution < -0.4 is 0 Å². The number of carbonyl (C=O) groups is 1. The number of hydrogen-bond donors (Lipinski definition) is 3. The lowest BCUT2D eigenvalue weighted by atomic mass is 9.77. The SMILES string of the molecule is C=C(C)/C=C\C(=C/C)c1cc(CCF)ccc1C.C=CCCCCCCc1ccc(CC)c(C)c1C.CC.CC.CC(=O)/C(C)=C(\O)[C@@]1(C)CCCC1C.CC=N.CO. The van der Waals surface area contributed by atoms with Crippen LogP contribution in [0.4, 0.5) is 4.39 Å². The van der Waals surface area contributed by atoms with Gasteiger partial charge in [-0.1, -0.05) is 135 Å². The molecule has 1 unspecified atom stereocenters. The van der Waals surface area contributed by atoms with Crippen LogP contribution in [0.5, 0.6) is 0 Å². The van der Waals surface area contributed by atoms with E-state index in [0.717, 1.165) is 49.5 Å². The van der Waals surface area contributed by atoms with E-state index in [0.29, 0.717) is 23.7 Å². The van der Waals surface area contributed by atoms with Gasteiger partial charge in [0, 0.05) is 24.5 Å². The van der Waals surface area contributed by atoms with Crippen LogP contribution in [-0.2, 0) is 24.1 Å². The topological polar surface area (TPSA) is 81.4 Å². The highest BCUT2D eigenvalue weighted by molar-refractivity contribution is 5.93. The summed E-state index contributed by atoms with van der Waals surface area (Å²) in [5.74, 6) is 0.759. The van der Waals surface area contributed by atoms with Gasteiger partial charge in [0.05, 0.1) is 6.67 Å². The van der Waals surface area contributed by atoms with Crippen LogP contribution in [0, 0.1) is 37.5 Å². The molecule has 3 N–H and O–H groups in total. The van der Waals surface area contributed by atoms with Crippen LogP contribution in [0.15, 0.2) is 84.7 Å². The van der Waals surface area contributed by atoms with Gasteiger partial charge < -0.3 is 15.6 Å². The van der Waals surface area contributed by atoms with Crippen molar-refractivity contribution in [3.05, 3.63) is 124 Å². The van der Waals surface area contributed by atoms with E-state index in [1.54, 1.807) is 19.4 Å². The van der Waals surface area contributed by atoms with E-state index in [-0.39, 0.29) is 17.9 Å². The molecule has 0 amide bonds. The van der Waals surface area contributed by atoms with Crippen molar-refractivity contribution in [3.8, 4) is 0 Å². The first-order valence-corrected chi connectivity index (χ1v) is 22.2. The Morgan fingerprint density at radius 1 is 0.915 bits per heavy atom. The fourth-order valence-electron chi connectivity index (χ4n) is 6.65. The van der Waals surface area contributed by atoms with Crippen molar-refractivity contribution >= 4 is 17.6 Å². The molecule has 4 nitrogen and oxygen atoms in total. The fraction of sp³-hybridized carbons (Fsp3) is 0.556. The van der Waals surface area contributed by atoms with Gasteiger partial charge in [-0.2, -0.15) is 0 Å². The van der Waals surface area contributed by atoms with Gasteiger partial charge in [0.15, 0.2) is 5.78 Å². The summed E-state index contributed by atoms with van der Waals surface area (Å²) >= 11 is 0. The van der Waals surface area contributed by atoms with Crippen LogP contribution in [-0.4, -0.2) is 36.0 Å². The summed E-state index contributed by atoms with van der Waals surface area (Å²) in [7, 11) is 1.00. The molecule has 0 bridgehead atoms. The van der Waals surface area contributed by atoms with Crippen molar-refractivity contribution < 1.29 is 19.4 Å². The van der Waals surface area contributed by atoms with E-state index in [1.807, 2.05) is 59.8 Å². The highest BCUT2D eigenvalue weighted by atomic mass is 19.1. The van der Waals surface area contributed by atoms with Crippen LogP contribution >= 0.6 is 0 Å². The van der Waals surface area contributed by atoms with Gasteiger partial charge in [-0.05, 0) is 157 Å². The maximum Gasteiger partial charge on any atom is 0.158 e. The Kier molecular flexibility index (Phi) is 40.2. The second-order valence-corrected chi connectivity index (χ2v) is 14.8. The Hall–Kier alpha value is -3.83. The fourth-order valence-corrected chi connectivity index (χ4v) is 6.65. The van der Waals surface area contributed by atoms with Gasteiger partial charge in [-0.15, -0.1) is 6.58 Å². The first-order valence-electron chi connectivity index (χ1n) is 22.2. The molecule has 2 atom stereocenters. The molecule has 5 heteroatoms. The molecular formula is C54H90FNO3. The average Bonchev–Trinajstić information content (AvgIpc) is 3.59. The van der Waals surface area contributed by atoms with Crippen LogP contribution in [0.1, 0.15) is 173 Å². The molecule has 1 aliphatic rings. The summed E-state index contributed by atoms with van der Waals surface area (Å²) in [6, 6.07) is 10.8. The minimum atomic E-state index is -0.310. The minimum absolute atomic E-state index is 0.0252. The number of alkyl halides is 1. The molecular weight excluding hydrogens is 730 g/mol. The van der Waals surface area contributed by atoms with Crippen molar-refractivity contribution in [2.24, 2.45) is 11.3 Å². The number of halogens is 1. The number of benzene rings is 2. The highest BCUT2D eigenvalue weighted by Crippen LogP contribution is 2.48. The zero-order valence-electron chi connectivity index (χ0n) is 40.9. The van der Waals surface area contributed by atoms with E-state index in [9.17, 15) is 14.3 Å². The number of unbranched alkanes of at least 4 members (excludes halogenated alkanes) is 4. The Morgan fingerprint density at radius 2 is 1.46 bits per heavy atom. The second-order valence-electron chi connectivity index (χ2n) is 14.8. The molecule has 3 rings (SSSR count). The minimum Gasteiger partial charge on any atom is -0.511 e. The molecule has 0 aromatic heterocycles. The summed E-state index contributed by atoms with van der Waals surface area (Å²) in [5.41, 5.74) is 12.0. The lowest BCUT2D eigenvalue weighted by Gasteiger charge is -2.29. The number of nitrogens with one attached hydrogen (secondary N) is 1. The summed E-state index contributed by atoms with van der Waals surface area (Å²) < 4.78 is 12.4. The van der Waals surface area contributed by atoms with Gasteiger partial charge in [-0.3, -0.25) is 9.18 Å². The Balaban J connectivity index is -0.000000351. The third kappa shape index (κ3) is 24.8. The predicted molar refractivity (Wildman–Crippen MR) is 263 cm³/mol. The summed E-state index contributed by atoms with van der Waals surface area (Å²) in [6.07, 6.45) is 22.0. The standard InChI is InChI=1S/C18H28.C17H21F.C12H20O2.C2H5N.2C2H6.CH4O/c1-5-7-8-9-10-11-12-18-14-13-17(6-2)15(3)16(18)4;1-5-16(9-6-13(2)3)17-12-15(10-11-18)8-7-14(17)4;1-8-6-5-7-12(8,4)11(14)9(2)10(3)13;1-2-3;3*1-2/h5,13-14H,1,6-12H2,2-4H3;5-9,12H,2,10-11H2,1,3-4H3;8,14H,5-7H2,1-4H3;2-3H,1H3;2*1-2H3;2H,1H3/b;9-6-,16-5+;11-9-;;;;/t;;8?,12-;;;;/m..0..../s1. The normalized spacial score (nSPS) is 15.6. The van der Waals surface area contributed by atoms with Crippen molar-refractivity contribution in [1.82, 2.24) is 0 Å². The van der Waals surface area contributed by atoms with Crippen LogP contribution in [0.2, 0.25) is 0 Å². The lowest BCUT2D eigenvalue weighted by Crippen LogP contribution is -2.24. The predicted octanol–water partition coefficient (Wildman–Crippen LogP) is 16.1. The molecule has 0 radical (unpaired) electrons. The van der Waals surface area contributed by atoms with E-state index in [2.05, 4.69) is 91.1 Å². The van der Waals surface area contributed by atoms with Crippen molar-refractivity contribution in [1.29, 1.82) is 5.41 Å². The molecule has 0 heterocycles. The molecule has 2 aromatic carbocycles. The maximum atomic E-state index is 12.4. The van der Waals surface area contributed by atoms with Crippen LogP contribution in [0.3, 0.4) is 0 Å². The summed E-state index contributed by atoms with van der Waals surface area (Å²) in [5, 5.41) is 23.2. The smallest absolute Gasteiger partial charge is 0.158 e. The Labute approximate surface area is 364 Å². The Bertz CT molecular complexity index is 1550. The number of aliphatic hydroxyl groups excluding tert-OH is 2. The molecule has 59 heavy (non-hydrogen) atoms. The molecule has 336 valence electrons. The maximum absolute atomic E-state index is 12.4. The van der Waals surface area contributed by atoms with Gasteiger partial charge in [0.1, 0.15) is 5.76 Å². The van der Waals surface area contributed by atoms with Crippen molar-refractivity contribution in [3.63, 3.8) is 0 Å².